The van der Waals surface area contributed by atoms with Crippen molar-refractivity contribution in [3.63, 3.8) is 0 Å². The molecule has 1 rings (SSSR count). The molecule has 1 aliphatic rings. The third-order valence-electron chi connectivity index (χ3n) is 2.49. The zero-order chi connectivity index (χ0) is 10.7. The predicted octanol–water partition coefficient (Wildman–Crippen LogP) is 0.486. The highest BCUT2D eigenvalue weighted by Crippen LogP contribution is 2.25. The maximum Gasteiger partial charge on any atom is 0.215 e. The molecule has 0 heterocycles. The number of carbonyl (C=O) groups is 1. The Balaban J connectivity index is 2.61. The first-order valence-electron chi connectivity index (χ1n) is 4.91. The summed E-state index contributed by atoms with van der Waals surface area (Å²) in [5.74, 6) is 0.00334. The summed E-state index contributed by atoms with van der Waals surface area (Å²) < 4.78 is 4.94. The van der Waals surface area contributed by atoms with Crippen molar-refractivity contribution in [1.29, 1.82) is 0 Å². The SMILES string of the molecule is CCCCN(C)C1=C(N)C(OC)C1=O. The van der Waals surface area contributed by atoms with Crippen LogP contribution in [0.5, 0.6) is 0 Å². The van der Waals surface area contributed by atoms with Crippen LogP contribution in [0.15, 0.2) is 11.4 Å². The van der Waals surface area contributed by atoms with E-state index in [-0.39, 0.29) is 5.78 Å². The molecule has 1 aliphatic carbocycles. The fraction of sp³-hybridized carbons (Fsp3) is 0.700. The maximum absolute atomic E-state index is 11.5. The number of nitrogens with zero attached hydrogens (tertiary/aromatic N) is 1. The molecule has 0 spiro atoms. The van der Waals surface area contributed by atoms with Crippen LogP contribution >= 0.6 is 0 Å². The van der Waals surface area contributed by atoms with E-state index < -0.39 is 6.10 Å². The molecule has 0 fully saturated rings. The minimum absolute atomic E-state index is 0.00334. The highest BCUT2D eigenvalue weighted by Gasteiger charge is 2.39. The summed E-state index contributed by atoms with van der Waals surface area (Å²) in [6, 6.07) is 0. The van der Waals surface area contributed by atoms with Crippen molar-refractivity contribution in [3.05, 3.63) is 11.4 Å². The maximum atomic E-state index is 11.5. The van der Waals surface area contributed by atoms with Gasteiger partial charge < -0.3 is 15.4 Å². The van der Waals surface area contributed by atoms with Crippen LogP contribution < -0.4 is 5.73 Å². The highest BCUT2D eigenvalue weighted by molar-refractivity contribution is 6.07. The highest BCUT2D eigenvalue weighted by atomic mass is 16.5. The lowest BCUT2D eigenvalue weighted by atomic mass is 9.94. The van der Waals surface area contributed by atoms with E-state index in [1.54, 1.807) is 0 Å². The van der Waals surface area contributed by atoms with Gasteiger partial charge in [-0.3, -0.25) is 4.79 Å². The minimum Gasteiger partial charge on any atom is -0.398 e. The van der Waals surface area contributed by atoms with Crippen molar-refractivity contribution in [1.82, 2.24) is 4.90 Å². The van der Waals surface area contributed by atoms with Gasteiger partial charge in [0.25, 0.3) is 0 Å². The molecular formula is C10H18N2O2. The van der Waals surface area contributed by atoms with E-state index in [1.165, 1.54) is 7.11 Å². The van der Waals surface area contributed by atoms with E-state index in [2.05, 4.69) is 6.92 Å². The second-order valence-corrected chi connectivity index (χ2v) is 3.56. The molecule has 80 valence electrons. The van der Waals surface area contributed by atoms with Gasteiger partial charge >= 0.3 is 0 Å². The van der Waals surface area contributed by atoms with Crippen molar-refractivity contribution in [3.8, 4) is 0 Å². The Morgan fingerprint density at radius 3 is 2.64 bits per heavy atom. The van der Waals surface area contributed by atoms with Gasteiger partial charge in [0.1, 0.15) is 5.70 Å². The average Bonchev–Trinajstić information content (AvgIpc) is 2.16. The molecule has 0 saturated carbocycles. The summed E-state index contributed by atoms with van der Waals surface area (Å²) in [5.41, 5.74) is 6.93. The van der Waals surface area contributed by atoms with Crippen molar-refractivity contribution < 1.29 is 9.53 Å². The Hall–Kier alpha value is -1.03. The number of nitrogens with two attached hydrogens (primary N) is 1. The largest absolute Gasteiger partial charge is 0.398 e. The molecule has 1 atom stereocenters. The van der Waals surface area contributed by atoms with Crippen LogP contribution in [0.4, 0.5) is 0 Å². The molecule has 4 nitrogen and oxygen atoms in total. The summed E-state index contributed by atoms with van der Waals surface area (Å²) >= 11 is 0. The summed E-state index contributed by atoms with van der Waals surface area (Å²) in [6.45, 7) is 2.99. The standard InChI is InChI=1S/C10H18N2O2/c1-4-5-6-12(2)8-7(11)10(14-3)9(8)13/h10H,4-6,11H2,1-3H3. The number of hydrogen-bond acceptors (Lipinski definition) is 4. The number of ketones is 1. The number of Topliss-reactive ketones (excluding diaryl/α,β-unsaturated/α-hetero) is 1. The summed E-state index contributed by atoms with van der Waals surface area (Å²) in [5, 5.41) is 0. The van der Waals surface area contributed by atoms with Crippen LogP contribution in [0, 0.1) is 0 Å². The second-order valence-electron chi connectivity index (χ2n) is 3.56. The van der Waals surface area contributed by atoms with Gasteiger partial charge in [0.05, 0.1) is 5.70 Å². The molecule has 0 bridgehead atoms. The van der Waals surface area contributed by atoms with Gasteiger partial charge in [-0.05, 0) is 6.42 Å². The van der Waals surface area contributed by atoms with Gasteiger partial charge in [-0.1, -0.05) is 13.3 Å². The summed E-state index contributed by atoms with van der Waals surface area (Å²) in [6.07, 6.45) is 1.67. The molecule has 0 aliphatic heterocycles. The van der Waals surface area contributed by atoms with E-state index in [4.69, 9.17) is 10.5 Å². The normalized spacial score (nSPS) is 21.1. The molecule has 14 heavy (non-hydrogen) atoms. The first kappa shape index (κ1) is 11.0. The fourth-order valence-corrected chi connectivity index (χ4v) is 1.60. The van der Waals surface area contributed by atoms with Crippen LogP contribution in [0.1, 0.15) is 19.8 Å². The number of ether oxygens (including phenoxy) is 1. The van der Waals surface area contributed by atoms with Gasteiger partial charge in [0.2, 0.25) is 5.78 Å². The first-order chi connectivity index (χ1) is 6.63. The molecule has 0 amide bonds. The minimum atomic E-state index is -0.505. The molecular weight excluding hydrogens is 180 g/mol. The number of unbranched alkanes of at least 4 members (excludes halogenated alkanes) is 1. The third-order valence-corrected chi connectivity index (χ3v) is 2.49. The lowest BCUT2D eigenvalue weighted by molar-refractivity contribution is -0.128. The number of rotatable bonds is 5. The summed E-state index contributed by atoms with van der Waals surface area (Å²) in [4.78, 5) is 13.4. The van der Waals surface area contributed by atoms with Crippen molar-refractivity contribution in [2.45, 2.75) is 25.9 Å². The molecule has 0 aromatic heterocycles. The molecule has 0 aromatic rings. The topological polar surface area (TPSA) is 55.6 Å². The van der Waals surface area contributed by atoms with E-state index in [0.717, 1.165) is 19.4 Å². The Morgan fingerprint density at radius 2 is 2.21 bits per heavy atom. The smallest absolute Gasteiger partial charge is 0.215 e. The molecule has 0 saturated heterocycles. The number of likely N-dealkylation sites (N-methyl/N-ethyl adjacent to an activating group) is 1. The van der Waals surface area contributed by atoms with Crippen molar-refractivity contribution in [2.24, 2.45) is 5.73 Å². The fourth-order valence-electron chi connectivity index (χ4n) is 1.60. The van der Waals surface area contributed by atoms with Gasteiger partial charge in [0.15, 0.2) is 6.10 Å². The average molecular weight is 198 g/mol. The predicted molar refractivity (Wildman–Crippen MR) is 54.6 cm³/mol. The van der Waals surface area contributed by atoms with Crippen LogP contribution in [-0.2, 0) is 9.53 Å². The van der Waals surface area contributed by atoms with Crippen molar-refractivity contribution in [2.75, 3.05) is 20.7 Å². The van der Waals surface area contributed by atoms with E-state index >= 15 is 0 Å². The zero-order valence-electron chi connectivity index (χ0n) is 9.04. The Labute approximate surface area is 84.7 Å². The zero-order valence-corrected chi connectivity index (χ0v) is 9.04. The van der Waals surface area contributed by atoms with Crippen molar-refractivity contribution >= 4 is 5.78 Å². The Bertz CT molecular complexity index is 261. The van der Waals surface area contributed by atoms with E-state index in [9.17, 15) is 4.79 Å². The number of carbonyl (C=O) groups excluding carboxylic acids is 1. The first-order valence-corrected chi connectivity index (χ1v) is 4.91. The molecule has 0 aromatic carbocycles. The second kappa shape index (κ2) is 4.46. The summed E-state index contributed by atoms with van der Waals surface area (Å²) in [7, 11) is 3.39. The van der Waals surface area contributed by atoms with Gasteiger partial charge in [-0.25, -0.2) is 0 Å². The van der Waals surface area contributed by atoms with Crippen LogP contribution in [0.3, 0.4) is 0 Å². The van der Waals surface area contributed by atoms with Crippen LogP contribution in [0.25, 0.3) is 0 Å². The lowest BCUT2D eigenvalue weighted by Crippen LogP contribution is -2.47. The molecule has 0 radical (unpaired) electrons. The van der Waals surface area contributed by atoms with Crippen LogP contribution in [-0.4, -0.2) is 37.5 Å². The molecule has 2 N–H and O–H groups in total. The number of hydrogen-bond donors (Lipinski definition) is 1. The third kappa shape index (κ3) is 1.75. The van der Waals surface area contributed by atoms with Gasteiger partial charge in [-0.2, -0.15) is 0 Å². The Kier molecular flexibility index (Phi) is 3.52. The lowest BCUT2D eigenvalue weighted by Gasteiger charge is -2.34. The van der Waals surface area contributed by atoms with Gasteiger partial charge in [0, 0.05) is 20.7 Å². The van der Waals surface area contributed by atoms with Gasteiger partial charge in [-0.15, -0.1) is 0 Å². The van der Waals surface area contributed by atoms with Crippen LogP contribution in [0.2, 0.25) is 0 Å². The molecule has 4 heteroatoms. The van der Waals surface area contributed by atoms with E-state index in [1.807, 2.05) is 11.9 Å². The number of methoxy groups -OCH3 is 1. The monoisotopic (exact) mass is 198 g/mol. The molecule has 1 unspecified atom stereocenters. The van der Waals surface area contributed by atoms with E-state index in [0.29, 0.717) is 11.4 Å². The quantitative estimate of drug-likeness (QED) is 0.698. The Morgan fingerprint density at radius 1 is 1.57 bits per heavy atom.